The highest BCUT2D eigenvalue weighted by atomic mass is 16.5. The lowest BCUT2D eigenvalue weighted by Gasteiger charge is -2.13. The Bertz CT molecular complexity index is 978. The molecule has 0 aliphatic heterocycles. The number of nitrogens with two attached hydrogens (primary N) is 1. The molecule has 5 N–H and O–H groups in total. The highest BCUT2D eigenvalue weighted by Crippen LogP contribution is 2.25. The smallest absolute Gasteiger partial charge is 0.337 e. The Morgan fingerprint density at radius 1 is 1.04 bits per heavy atom. The van der Waals surface area contributed by atoms with Crippen molar-refractivity contribution < 1.29 is 14.3 Å². The fourth-order valence-electron chi connectivity index (χ4n) is 2.22. The SMILES string of the molecule is COC(=O)c1ccc(Nc2ncnc(NNC(=O)c3cccnc3)c2N)cc1. The van der Waals surface area contributed by atoms with E-state index in [9.17, 15) is 9.59 Å². The van der Waals surface area contributed by atoms with Crippen LogP contribution in [0, 0.1) is 0 Å². The third-order valence-corrected chi connectivity index (χ3v) is 3.67. The fourth-order valence-corrected chi connectivity index (χ4v) is 2.22. The lowest BCUT2D eigenvalue weighted by molar-refractivity contribution is 0.0600. The molecular formula is C18H17N7O3. The number of ether oxygens (including phenoxy) is 1. The molecule has 2 heterocycles. The van der Waals surface area contributed by atoms with E-state index < -0.39 is 5.97 Å². The van der Waals surface area contributed by atoms with Crippen LogP contribution in [-0.4, -0.2) is 33.9 Å². The Morgan fingerprint density at radius 2 is 1.79 bits per heavy atom. The van der Waals surface area contributed by atoms with Gasteiger partial charge in [0.1, 0.15) is 12.0 Å². The summed E-state index contributed by atoms with van der Waals surface area (Å²) in [6.45, 7) is 0. The van der Waals surface area contributed by atoms with Crippen molar-refractivity contribution in [3.05, 3.63) is 66.2 Å². The molecule has 0 spiro atoms. The molecule has 3 rings (SSSR count). The number of pyridine rings is 1. The van der Waals surface area contributed by atoms with Gasteiger partial charge >= 0.3 is 5.97 Å². The second kappa shape index (κ2) is 8.45. The number of carbonyl (C=O) groups excluding carboxylic acids is 2. The van der Waals surface area contributed by atoms with Crippen LogP contribution in [0.5, 0.6) is 0 Å². The number of amides is 1. The molecule has 0 fully saturated rings. The van der Waals surface area contributed by atoms with Crippen molar-refractivity contribution in [2.24, 2.45) is 0 Å². The molecular weight excluding hydrogens is 362 g/mol. The normalized spacial score (nSPS) is 10.0. The number of rotatable bonds is 6. The Labute approximate surface area is 160 Å². The van der Waals surface area contributed by atoms with Crippen LogP contribution in [0.1, 0.15) is 20.7 Å². The van der Waals surface area contributed by atoms with E-state index in [4.69, 9.17) is 5.73 Å². The largest absolute Gasteiger partial charge is 0.465 e. The van der Waals surface area contributed by atoms with Gasteiger partial charge < -0.3 is 15.8 Å². The highest BCUT2D eigenvalue weighted by molar-refractivity contribution is 5.95. The molecule has 0 bridgehead atoms. The number of hydrogen-bond acceptors (Lipinski definition) is 9. The maximum absolute atomic E-state index is 12.1. The summed E-state index contributed by atoms with van der Waals surface area (Å²) in [5.41, 5.74) is 12.9. The zero-order chi connectivity index (χ0) is 19.9. The fraction of sp³-hybridized carbons (Fsp3) is 0.0556. The molecule has 3 aromatic rings. The first kappa shape index (κ1) is 18.6. The van der Waals surface area contributed by atoms with Gasteiger partial charge in [0, 0.05) is 18.1 Å². The van der Waals surface area contributed by atoms with E-state index in [0.717, 1.165) is 0 Å². The van der Waals surface area contributed by atoms with Gasteiger partial charge in [-0.25, -0.2) is 14.8 Å². The molecule has 0 saturated carbocycles. The average molecular weight is 379 g/mol. The van der Waals surface area contributed by atoms with Crippen LogP contribution in [0.15, 0.2) is 55.1 Å². The molecule has 0 aliphatic rings. The molecule has 0 radical (unpaired) electrons. The number of hydrazine groups is 1. The summed E-state index contributed by atoms with van der Waals surface area (Å²) in [5, 5.41) is 3.03. The van der Waals surface area contributed by atoms with Gasteiger partial charge in [0.25, 0.3) is 5.91 Å². The number of nitrogen functional groups attached to an aromatic ring is 1. The maximum Gasteiger partial charge on any atom is 0.337 e. The number of esters is 1. The summed E-state index contributed by atoms with van der Waals surface area (Å²) in [7, 11) is 1.32. The van der Waals surface area contributed by atoms with Gasteiger partial charge in [-0.1, -0.05) is 0 Å². The van der Waals surface area contributed by atoms with Crippen molar-refractivity contribution in [2.75, 3.05) is 23.6 Å². The van der Waals surface area contributed by atoms with E-state index >= 15 is 0 Å². The monoisotopic (exact) mass is 379 g/mol. The summed E-state index contributed by atoms with van der Waals surface area (Å²) in [5.74, 6) is -0.261. The Hall–Kier alpha value is -4.21. The summed E-state index contributed by atoms with van der Waals surface area (Å²) < 4.78 is 4.66. The maximum atomic E-state index is 12.1. The number of aromatic nitrogens is 3. The predicted molar refractivity (Wildman–Crippen MR) is 103 cm³/mol. The van der Waals surface area contributed by atoms with Gasteiger partial charge in [-0.2, -0.15) is 0 Å². The first-order valence-corrected chi connectivity index (χ1v) is 8.10. The number of carbonyl (C=O) groups is 2. The second-order valence-electron chi connectivity index (χ2n) is 5.50. The predicted octanol–water partition coefficient (Wildman–Crippen LogP) is 1.74. The average Bonchev–Trinajstić information content (AvgIpc) is 2.74. The van der Waals surface area contributed by atoms with Gasteiger partial charge in [0.2, 0.25) is 0 Å². The van der Waals surface area contributed by atoms with Crippen LogP contribution in [-0.2, 0) is 4.74 Å². The van der Waals surface area contributed by atoms with Crippen LogP contribution >= 0.6 is 0 Å². The zero-order valence-corrected chi connectivity index (χ0v) is 14.8. The lowest BCUT2D eigenvalue weighted by Crippen LogP contribution is -2.30. The molecule has 10 nitrogen and oxygen atoms in total. The first-order chi connectivity index (χ1) is 13.6. The molecule has 28 heavy (non-hydrogen) atoms. The van der Waals surface area contributed by atoms with Crippen LogP contribution in [0.25, 0.3) is 0 Å². The Kier molecular flexibility index (Phi) is 5.60. The number of anilines is 4. The summed E-state index contributed by atoms with van der Waals surface area (Å²) in [4.78, 5) is 35.5. The number of benzene rings is 1. The molecule has 0 aliphatic carbocycles. The molecule has 2 aromatic heterocycles. The zero-order valence-electron chi connectivity index (χ0n) is 14.8. The van der Waals surface area contributed by atoms with Gasteiger partial charge in [-0.3, -0.25) is 20.6 Å². The highest BCUT2D eigenvalue weighted by Gasteiger charge is 2.11. The minimum atomic E-state index is -0.427. The standard InChI is InChI=1S/C18H17N7O3/c1-28-18(27)11-4-6-13(7-5-11)23-15-14(19)16(22-10-21-15)24-25-17(26)12-3-2-8-20-9-12/h2-10H,19H2,1H3,(H,25,26)(H2,21,22,23,24). The third kappa shape index (κ3) is 4.30. The van der Waals surface area contributed by atoms with Crippen molar-refractivity contribution >= 4 is 34.9 Å². The van der Waals surface area contributed by atoms with Crippen molar-refractivity contribution in [1.82, 2.24) is 20.4 Å². The molecule has 1 aromatic carbocycles. The first-order valence-electron chi connectivity index (χ1n) is 8.10. The molecule has 0 atom stereocenters. The quantitative estimate of drug-likeness (QED) is 0.372. The Morgan fingerprint density at radius 3 is 2.46 bits per heavy atom. The van der Waals surface area contributed by atoms with Gasteiger partial charge in [0.05, 0.1) is 18.2 Å². The van der Waals surface area contributed by atoms with Crippen molar-refractivity contribution in [3.8, 4) is 0 Å². The van der Waals surface area contributed by atoms with Crippen LogP contribution in [0.4, 0.5) is 23.0 Å². The second-order valence-corrected chi connectivity index (χ2v) is 5.50. The number of hydrogen-bond donors (Lipinski definition) is 4. The van der Waals surface area contributed by atoms with Crippen molar-refractivity contribution in [2.45, 2.75) is 0 Å². The lowest BCUT2D eigenvalue weighted by atomic mass is 10.2. The van der Waals surface area contributed by atoms with E-state index in [1.54, 1.807) is 42.6 Å². The van der Waals surface area contributed by atoms with E-state index in [1.807, 2.05) is 0 Å². The van der Waals surface area contributed by atoms with Gasteiger partial charge in [0.15, 0.2) is 11.6 Å². The molecule has 1 amide bonds. The molecule has 142 valence electrons. The molecule has 10 heteroatoms. The number of methoxy groups -OCH3 is 1. The minimum absolute atomic E-state index is 0.200. The topological polar surface area (TPSA) is 144 Å². The van der Waals surface area contributed by atoms with Gasteiger partial charge in [-0.15, -0.1) is 0 Å². The van der Waals surface area contributed by atoms with Crippen molar-refractivity contribution in [3.63, 3.8) is 0 Å². The third-order valence-electron chi connectivity index (χ3n) is 3.67. The minimum Gasteiger partial charge on any atom is -0.465 e. The van der Waals surface area contributed by atoms with Gasteiger partial charge in [-0.05, 0) is 36.4 Å². The van der Waals surface area contributed by atoms with E-state index in [1.165, 1.54) is 19.6 Å². The summed E-state index contributed by atoms with van der Waals surface area (Å²) >= 11 is 0. The van der Waals surface area contributed by atoms with Crippen LogP contribution in [0.3, 0.4) is 0 Å². The Balaban J connectivity index is 1.69. The van der Waals surface area contributed by atoms with E-state index in [0.29, 0.717) is 22.6 Å². The van der Waals surface area contributed by atoms with Crippen molar-refractivity contribution in [1.29, 1.82) is 0 Å². The van der Waals surface area contributed by atoms with Crippen LogP contribution < -0.4 is 21.9 Å². The summed E-state index contributed by atoms with van der Waals surface area (Å²) in [6, 6.07) is 9.87. The number of nitrogens with one attached hydrogen (secondary N) is 3. The van der Waals surface area contributed by atoms with Crippen LogP contribution in [0.2, 0.25) is 0 Å². The van der Waals surface area contributed by atoms with E-state index in [2.05, 4.69) is 35.9 Å². The molecule has 0 saturated heterocycles. The molecule has 0 unspecified atom stereocenters. The number of nitrogens with zero attached hydrogens (tertiary/aromatic N) is 3. The summed E-state index contributed by atoms with van der Waals surface area (Å²) in [6.07, 6.45) is 4.30. The van der Waals surface area contributed by atoms with E-state index in [-0.39, 0.29) is 17.4 Å².